The molecule has 25 heavy (non-hydrogen) atoms. The number of aromatic nitrogens is 1. The van der Waals surface area contributed by atoms with E-state index in [0.717, 1.165) is 17.5 Å². The van der Waals surface area contributed by atoms with Crippen molar-refractivity contribution in [2.45, 2.75) is 13.8 Å². The second kappa shape index (κ2) is 8.20. The molecule has 0 amide bonds. The van der Waals surface area contributed by atoms with Crippen molar-refractivity contribution in [1.29, 1.82) is 0 Å². The average Bonchev–Trinajstić information content (AvgIpc) is 2.97. The number of benzene rings is 1. The van der Waals surface area contributed by atoms with Gasteiger partial charge in [0, 0.05) is 18.3 Å². The van der Waals surface area contributed by atoms with Crippen LogP contribution < -0.4 is 5.32 Å². The zero-order valence-electron chi connectivity index (χ0n) is 13.5. The lowest BCUT2D eigenvalue weighted by atomic mass is 10.3. The van der Waals surface area contributed by atoms with Gasteiger partial charge in [0.15, 0.2) is 10.7 Å². The molecule has 0 radical (unpaired) electrons. The first-order chi connectivity index (χ1) is 12.0. The van der Waals surface area contributed by atoms with Crippen molar-refractivity contribution in [1.82, 2.24) is 4.98 Å². The maximum Gasteiger partial charge on any atom is 0.347 e. The molecular formula is C15H15N3O6S. The molecule has 2 aromatic rings. The Kier molecular flexibility index (Phi) is 6.01. The van der Waals surface area contributed by atoms with E-state index in [-0.39, 0.29) is 24.5 Å². The Labute approximate surface area is 146 Å². The molecule has 0 bridgehead atoms. The van der Waals surface area contributed by atoms with Gasteiger partial charge >= 0.3 is 11.9 Å². The molecule has 0 saturated carbocycles. The first-order valence-electron chi connectivity index (χ1n) is 7.32. The third-order valence-electron chi connectivity index (χ3n) is 2.91. The number of anilines is 1. The van der Waals surface area contributed by atoms with E-state index in [4.69, 9.17) is 9.47 Å². The zero-order valence-corrected chi connectivity index (χ0v) is 14.3. The number of nitrogens with zero attached hydrogens (tertiary/aromatic N) is 2. The highest BCUT2D eigenvalue weighted by molar-refractivity contribution is 7.22. The predicted octanol–water partition coefficient (Wildman–Crippen LogP) is 2.63. The smallest absolute Gasteiger partial charge is 0.347 e. The second-order valence-electron chi connectivity index (χ2n) is 4.57. The number of nitro benzene ring substituents is 1. The molecule has 0 spiro atoms. The van der Waals surface area contributed by atoms with Gasteiger partial charge in [0.25, 0.3) is 5.69 Å². The molecule has 0 fully saturated rings. The number of nitrogens with one attached hydrogen (secondary N) is 1. The number of rotatable bonds is 7. The molecule has 0 aliphatic carbocycles. The highest BCUT2D eigenvalue weighted by atomic mass is 32.1. The molecule has 1 aromatic heterocycles. The lowest BCUT2D eigenvalue weighted by molar-refractivity contribution is -0.384. The van der Waals surface area contributed by atoms with Crippen LogP contribution in [0.4, 0.5) is 10.8 Å². The number of thiazole rings is 1. The van der Waals surface area contributed by atoms with Gasteiger partial charge in [-0.2, -0.15) is 0 Å². The second-order valence-corrected chi connectivity index (χ2v) is 5.60. The van der Waals surface area contributed by atoms with Crippen molar-refractivity contribution in [2.75, 3.05) is 18.5 Å². The number of carbonyl (C=O) groups excluding carboxylic acids is 2. The fourth-order valence-electron chi connectivity index (χ4n) is 1.84. The van der Waals surface area contributed by atoms with E-state index < -0.39 is 16.9 Å². The Morgan fingerprint density at radius 3 is 2.48 bits per heavy atom. The first-order valence-corrected chi connectivity index (χ1v) is 8.13. The summed E-state index contributed by atoms with van der Waals surface area (Å²) in [6.45, 7) is 3.46. The van der Waals surface area contributed by atoms with Crippen molar-refractivity contribution in [3.05, 3.63) is 40.1 Å². The van der Waals surface area contributed by atoms with Crippen molar-refractivity contribution in [3.8, 4) is 0 Å². The van der Waals surface area contributed by atoms with Crippen LogP contribution in [0.15, 0.2) is 30.0 Å². The van der Waals surface area contributed by atoms with Gasteiger partial charge in [0.1, 0.15) is 0 Å². The molecule has 1 heterocycles. The molecule has 132 valence electrons. The summed E-state index contributed by atoms with van der Waals surface area (Å²) in [5, 5.41) is 13.9. The Morgan fingerprint density at radius 1 is 1.28 bits per heavy atom. The number of ether oxygens (including phenoxy) is 2. The van der Waals surface area contributed by atoms with E-state index >= 15 is 0 Å². The zero-order chi connectivity index (χ0) is 18.4. The lowest BCUT2D eigenvalue weighted by Crippen LogP contribution is -2.19. The van der Waals surface area contributed by atoms with Gasteiger partial charge < -0.3 is 14.8 Å². The van der Waals surface area contributed by atoms with Crippen LogP contribution in [0.1, 0.15) is 13.8 Å². The van der Waals surface area contributed by atoms with Gasteiger partial charge in [0.05, 0.1) is 28.4 Å². The minimum atomic E-state index is -0.815. The molecule has 0 saturated heterocycles. The lowest BCUT2D eigenvalue weighted by Gasteiger charge is -2.06. The number of fused-ring (bicyclic) bond motifs is 1. The minimum Gasteiger partial charge on any atom is -0.462 e. The fraction of sp³-hybridized carbons (Fsp3) is 0.267. The number of hydrogen-bond donors (Lipinski definition) is 1. The van der Waals surface area contributed by atoms with E-state index in [1.165, 1.54) is 18.2 Å². The Bertz CT molecular complexity index is 825. The molecular weight excluding hydrogens is 350 g/mol. The van der Waals surface area contributed by atoms with Gasteiger partial charge in [-0.1, -0.05) is 11.3 Å². The Balaban J connectivity index is 2.26. The van der Waals surface area contributed by atoms with E-state index in [1.54, 1.807) is 13.8 Å². The molecule has 0 aliphatic rings. The number of non-ortho nitro benzene ring substituents is 1. The fourth-order valence-corrected chi connectivity index (χ4v) is 2.71. The third-order valence-corrected chi connectivity index (χ3v) is 3.86. The van der Waals surface area contributed by atoms with E-state index in [0.29, 0.717) is 15.3 Å². The van der Waals surface area contributed by atoms with E-state index in [9.17, 15) is 19.7 Å². The molecule has 10 heteroatoms. The summed E-state index contributed by atoms with van der Waals surface area (Å²) in [6, 6.07) is 4.28. The molecule has 1 N–H and O–H groups in total. The molecule has 0 unspecified atom stereocenters. The van der Waals surface area contributed by atoms with E-state index in [1.807, 2.05) is 0 Å². The van der Waals surface area contributed by atoms with Crippen LogP contribution >= 0.6 is 11.3 Å². The van der Waals surface area contributed by atoms with Crippen LogP contribution in [-0.2, 0) is 19.1 Å². The normalized spacial score (nSPS) is 10.2. The molecule has 9 nitrogen and oxygen atoms in total. The van der Waals surface area contributed by atoms with Gasteiger partial charge in [-0.3, -0.25) is 10.1 Å². The van der Waals surface area contributed by atoms with E-state index in [2.05, 4.69) is 10.3 Å². The predicted molar refractivity (Wildman–Crippen MR) is 91.2 cm³/mol. The maximum atomic E-state index is 11.8. The number of nitro groups is 1. The SMILES string of the molecule is CCOC(=O)C(=CNc1nc2ccc([N+](=O)[O-])cc2s1)C(=O)OCC. The molecule has 0 aliphatic heterocycles. The van der Waals surface area contributed by atoms with Gasteiger partial charge in [-0.15, -0.1) is 0 Å². The third kappa shape index (κ3) is 4.51. The van der Waals surface area contributed by atoms with Crippen molar-refractivity contribution in [2.24, 2.45) is 0 Å². The Hall–Kier alpha value is -3.01. The van der Waals surface area contributed by atoms with Crippen LogP contribution in [0.25, 0.3) is 10.2 Å². The molecule has 1 aromatic carbocycles. The number of hydrogen-bond acceptors (Lipinski definition) is 9. The Morgan fingerprint density at radius 2 is 1.92 bits per heavy atom. The van der Waals surface area contributed by atoms with Crippen molar-refractivity contribution < 1.29 is 24.0 Å². The highest BCUT2D eigenvalue weighted by Crippen LogP contribution is 2.29. The monoisotopic (exact) mass is 365 g/mol. The minimum absolute atomic E-state index is 0.0445. The standard InChI is InChI=1S/C15H15N3O6S/c1-3-23-13(19)10(14(20)24-4-2)8-16-15-17-11-6-5-9(18(21)22)7-12(11)25-15/h5-8H,3-4H2,1-2H3,(H,16,17). The first kappa shape index (κ1) is 18.3. The van der Waals surface area contributed by atoms with Crippen LogP contribution in [0.5, 0.6) is 0 Å². The summed E-state index contributed by atoms with van der Waals surface area (Å²) in [6.07, 6.45) is 1.15. The number of carbonyl (C=O) groups is 2. The summed E-state index contributed by atoms with van der Waals surface area (Å²) < 4.78 is 10.2. The topological polar surface area (TPSA) is 121 Å². The summed E-state index contributed by atoms with van der Waals surface area (Å²) >= 11 is 1.15. The highest BCUT2D eigenvalue weighted by Gasteiger charge is 2.21. The van der Waals surface area contributed by atoms with Gasteiger partial charge in [-0.05, 0) is 19.9 Å². The summed E-state index contributed by atoms with van der Waals surface area (Å²) in [5.74, 6) is -1.63. The summed E-state index contributed by atoms with van der Waals surface area (Å²) in [5.41, 5.74) is 0.214. The average molecular weight is 365 g/mol. The van der Waals surface area contributed by atoms with Crippen LogP contribution in [0, 0.1) is 10.1 Å². The van der Waals surface area contributed by atoms with Crippen molar-refractivity contribution >= 4 is 44.3 Å². The number of esters is 2. The molecule has 0 atom stereocenters. The summed E-state index contributed by atoms with van der Waals surface area (Å²) in [4.78, 5) is 38.2. The van der Waals surface area contributed by atoms with Crippen LogP contribution in [0.2, 0.25) is 0 Å². The van der Waals surface area contributed by atoms with Crippen LogP contribution in [-0.4, -0.2) is 35.1 Å². The summed E-state index contributed by atoms with van der Waals surface area (Å²) in [7, 11) is 0. The quantitative estimate of drug-likeness (QED) is 0.198. The van der Waals surface area contributed by atoms with Gasteiger partial charge in [-0.25, -0.2) is 14.6 Å². The van der Waals surface area contributed by atoms with Crippen molar-refractivity contribution in [3.63, 3.8) is 0 Å². The largest absolute Gasteiger partial charge is 0.462 e. The van der Waals surface area contributed by atoms with Gasteiger partial charge in [0.2, 0.25) is 0 Å². The molecule has 2 rings (SSSR count). The van der Waals surface area contributed by atoms with Crippen LogP contribution in [0.3, 0.4) is 0 Å². The maximum absolute atomic E-state index is 11.8.